The van der Waals surface area contributed by atoms with Crippen LogP contribution in [-0.4, -0.2) is 21.1 Å². The molecule has 0 aromatic heterocycles. The van der Waals surface area contributed by atoms with E-state index in [4.69, 9.17) is 0 Å². The second-order valence-electron chi connectivity index (χ2n) is 3.30. The average Bonchev–Trinajstić information content (AvgIpc) is 2.34. The summed E-state index contributed by atoms with van der Waals surface area (Å²) in [5.74, 6) is 0. The van der Waals surface area contributed by atoms with Crippen molar-refractivity contribution >= 4 is 16.2 Å². The van der Waals surface area contributed by atoms with Gasteiger partial charge in [0.05, 0.1) is 4.90 Å². The van der Waals surface area contributed by atoms with Gasteiger partial charge in [0, 0.05) is 0 Å². The SMILES string of the molecule is C=CCOC(=O)[N-]OS(=O)(=O)c1ccc(C)cc1.[Li+]. The van der Waals surface area contributed by atoms with Gasteiger partial charge in [0.15, 0.2) is 0 Å². The summed E-state index contributed by atoms with van der Waals surface area (Å²) in [5.41, 5.74) is 3.73. The second-order valence-corrected chi connectivity index (χ2v) is 4.83. The number of aryl methyl sites for hydroxylation is 1. The van der Waals surface area contributed by atoms with Crippen LogP contribution in [0, 0.1) is 6.92 Å². The van der Waals surface area contributed by atoms with Gasteiger partial charge >= 0.3 is 18.9 Å². The number of ether oxygens (including phenoxy) is 1. The summed E-state index contributed by atoms with van der Waals surface area (Å²) in [4.78, 5) is 10.8. The molecular formula is C11H12LiNO5S. The van der Waals surface area contributed by atoms with E-state index in [2.05, 4.69) is 21.1 Å². The standard InChI is InChI=1S/C11H13NO5S.Li/c1-3-8-16-11(13)12-17-18(14,15)10-6-4-9(2)5-7-10;/h3-7H,1,8H2,2H3,(H,12,13);/q;+1/p-1. The Morgan fingerprint density at radius 1 is 1.37 bits per heavy atom. The van der Waals surface area contributed by atoms with E-state index >= 15 is 0 Å². The summed E-state index contributed by atoms with van der Waals surface area (Å²) in [7, 11) is -4.09. The predicted molar refractivity (Wildman–Crippen MR) is 64.4 cm³/mol. The molecule has 0 aliphatic carbocycles. The maximum absolute atomic E-state index is 11.6. The summed E-state index contributed by atoms with van der Waals surface area (Å²) in [6.07, 6.45) is 0.188. The van der Waals surface area contributed by atoms with Crippen LogP contribution in [0.1, 0.15) is 5.56 Å². The molecule has 0 N–H and O–H groups in total. The van der Waals surface area contributed by atoms with Crippen LogP contribution >= 0.6 is 0 Å². The van der Waals surface area contributed by atoms with Crippen LogP contribution in [-0.2, 0) is 19.1 Å². The Bertz CT molecular complexity index is 527. The van der Waals surface area contributed by atoms with E-state index < -0.39 is 16.2 Å². The normalized spacial score (nSPS) is 10.2. The third-order valence-electron chi connectivity index (χ3n) is 1.84. The zero-order chi connectivity index (χ0) is 13.6. The van der Waals surface area contributed by atoms with Crippen molar-refractivity contribution in [1.82, 2.24) is 0 Å². The van der Waals surface area contributed by atoms with Gasteiger partial charge in [-0.15, -0.1) is 0 Å². The van der Waals surface area contributed by atoms with Gasteiger partial charge in [-0.25, -0.2) is 0 Å². The molecule has 1 rings (SSSR count). The second kappa shape index (κ2) is 8.02. The minimum Gasteiger partial charge on any atom is -0.477 e. The monoisotopic (exact) mass is 277 g/mol. The summed E-state index contributed by atoms with van der Waals surface area (Å²) in [6.45, 7) is 5.06. The molecule has 0 aliphatic rings. The van der Waals surface area contributed by atoms with Gasteiger partial charge in [-0.3, -0.25) is 4.79 Å². The number of benzene rings is 1. The van der Waals surface area contributed by atoms with Crippen molar-refractivity contribution in [2.75, 3.05) is 6.61 Å². The van der Waals surface area contributed by atoms with Gasteiger partial charge in [0.25, 0.3) is 16.2 Å². The number of amides is 1. The van der Waals surface area contributed by atoms with Crippen LogP contribution < -0.4 is 18.9 Å². The quantitative estimate of drug-likeness (QED) is 0.404. The zero-order valence-electron chi connectivity index (χ0n) is 10.7. The van der Waals surface area contributed by atoms with Crippen LogP contribution in [0.15, 0.2) is 41.8 Å². The maximum Gasteiger partial charge on any atom is 1.00 e. The smallest absolute Gasteiger partial charge is 0.477 e. The number of hydrogen-bond acceptors (Lipinski definition) is 5. The Labute approximate surface area is 124 Å². The fraction of sp³-hybridized carbons (Fsp3) is 0.182. The van der Waals surface area contributed by atoms with Crippen molar-refractivity contribution in [2.45, 2.75) is 11.8 Å². The molecule has 0 saturated heterocycles. The molecule has 0 unspecified atom stereocenters. The molecule has 0 fully saturated rings. The minimum absolute atomic E-state index is 0. The third-order valence-corrected chi connectivity index (χ3v) is 2.96. The molecule has 1 aromatic rings. The molecule has 1 aromatic carbocycles. The van der Waals surface area contributed by atoms with Crippen LogP contribution in [0.2, 0.25) is 0 Å². The van der Waals surface area contributed by atoms with E-state index in [9.17, 15) is 13.2 Å². The largest absolute Gasteiger partial charge is 1.00 e. The fourth-order valence-corrected chi connectivity index (χ4v) is 1.70. The molecule has 19 heavy (non-hydrogen) atoms. The van der Waals surface area contributed by atoms with Gasteiger partial charge in [0.2, 0.25) is 0 Å². The topological polar surface area (TPSA) is 83.8 Å². The van der Waals surface area contributed by atoms with E-state index in [1.165, 1.54) is 18.2 Å². The number of carbonyl (C=O) groups excluding carboxylic acids is 1. The van der Waals surface area contributed by atoms with Crippen LogP contribution in [0.25, 0.3) is 5.48 Å². The summed E-state index contributed by atoms with van der Waals surface area (Å²) in [6, 6.07) is 5.92. The molecule has 6 nitrogen and oxygen atoms in total. The van der Waals surface area contributed by atoms with Gasteiger partial charge in [-0.2, -0.15) is 8.42 Å². The molecule has 0 spiro atoms. The van der Waals surface area contributed by atoms with Gasteiger partial charge in [-0.05, 0) is 19.1 Å². The van der Waals surface area contributed by atoms with E-state index in [-0.39, 0.29) is 30.4 Å². The number of hydroxylamine groups is 1. The molecule has 0 bridgehead atoms. The molecule has 0 heterocycles. The van der Waals surface area contributed by atoms with Crippen LogP contribution in [0.5, 0.6) is 0 Å². The van der Waals surface area contributed by atoms with Crippen LogP contribution in [0.4, 0.5) is 4.79 Å². The Kier molecular flexibility index (Phi) is 7.49. The summed E-state index contributed by atoms with van der Waals surface area (Å²) < 4.78 is 31.8. The Balaban J connectivity index is 0.00000324. The number of nitrogens with zero attached hydrogens (tertiary/aromatic N) is 1. The van der Waals surface area contributed by atoms with Gasteiger partial charge in [0.1, 0.15) is 6.61 Å². The molecular weight excluding hydrogens is 265 g/mol. The Morgan fingerprint density at radius 2 is 1.95 bits per heavy atom. The Morgan fingerprint density at radius 3 is 2.47 bits per heavy atom. The predicted octanol–water partition coefficient (Wildman–Crippen LogP) is -0.684. The van der Waals surface area contributed by atoms with E-state index in [1.54, 1.807) is 12.1 Å². The van der Waals surface area contributed by atoms with E-state index in [0.717, 1.165) is 5.56 Å². The molecule has 0 atom stereocenters. The first-order valence-electron chi connectivity index (χ1n) is 4.95. The number of hydrogen-bond donors (Lipinski definition) is 0. The molecule has 1 amide bonds. The molecule has 0 aliphatic heterocycles. The molecule has 0 radical (unpaired) electrons. The molecule has 8 heteroatoms. The van der Waals surface area contributed by atoms with Crippen molar-refractivity contribution < 1.29 is 41.1 Å². The number of rotatable bonds is 5. The zero-order valence-corrected chi connectivity index (χ0v) is 11.5. The first kappa shape index (κ1) is 17.7. The molecule has 98 valence electrons. The van der Waals surface area contributed by atoms with E-state index in [1.807, 2.05) is 6.92 Å². The van der Waals surface area contributed by atoms with Crippen molar-refractivity contribution in [3.63, 3.8) is 0 Å². The van der Waals surface area contributed by atoms with Crippen LogP contribution in [0.3, 0.4) is 0 Å². The average molecular weight is 277 g/mol. The first-order chi connectivity index (χ1) is 8.45. The summed E-state index contributed by atoms with van der Waals surface area (Å²) in [5, 5.41) is 0. The van der Waals surface area contributed by atoms with Gasteiger partial charge < -0.3 is 14.5 Å². The third kappa shape index (κ3) is 5.94. The van der Waals surface area contributed by atoms with Gasteiger partial charge in [-0.1, -0.05) is 30.4 Å². The van der Waals surface area contributed by atoms with Crippen molar-refractivity contribution in [3.8, 4) is 0 Å². The Hall–Kier alpha value is -1.26. The number of carbonyl (C=O) groups is 1. The fourth-order valence-electron chi connectivity index (χ4n) is 0.984. The summed E-state index contributed by atoms with van der Waals surface area (Å²) >= 11 is 0. The van der Waals surface area contributed by atoms with Crippen molar-refractivity contribution in [3.05, 3.63) is 48.0 Å². The minimum atomic E-state index is -4.09. The van der Waals surface area contributed by atoms with E-state index in [0.29, 0.717) is 0 Å². The maximum atomic E-state index is 11.6. The molecule has 0 saturated carbocycles. The first-order valence-corrected chi connectivity index (χ1v) is 6.35. The van der Waals surface area contributed by atoms with Crippen molar-refractivity contribution in [1.29, 1.82) is 0 Å². The van der Waals surface area contributed by atoms with Crippen molar-refractivity contribution in [2.24, 2.45) is 0 Å².